The number of nitrogens with one attached hydrogen (secondary N) is 1. The number of hydrogen-bond donors (Lipinski definition) is 2. The highest BCUT2D eigenvalue weighted by Crippen LogP contribution is 2.32. The average molecular weight is 278 g/mol. The van der Waals surface area contributed by atoms with Gasteiger partial charge in [0, 0.05) is 7.05 Å². The van der Waals surface area contributed by atoms with Crippen molar-refractivity contribution in [3.05, 3.63) is 0 Å². The molecule has 0 aromatic rings. The van der Waals surface area contributed by atoms with Gasteiger partial charge in [0.15, 0.2) is 0 Å². The van der Waals surface area contributed by atoms with Gasteiger partial charge in [0.05, 0.1) is 12.3 Å². The molecular weight excluding hydrogens is 260 g/mol. The highest BCUT2D eigenvalue weighted by Gasteiger charge is 2.37. The quantitative estimate of drug-likeness (QED) is 0.637. The van der Waals surface area contributed by atoms with Gasteiger partial charge in [-0.15, -0.1) is 0 Å². The van der Waals surface area contributed by atoms with E-state index < -0.39 is 27.9 Å². The standard InChI is InChI=1S/C10H18N2O5S/c1-3-18(16,17)12(2)6-8(13)11-9(10(14)15)7-4-5-7/h7,9H,3-6H2,1-2H3,(H,11,13)(H,14,15). The first-order valence-electron chi connectivity index (χ1n) is 5.74. The number of hydrogen-bond acceptors (Lipinski definition) is 4. The number of nitrogens with zero attached hydrogens (tertiary/aromatic N) is 1. The number of amides is 1. The van der Waals surface area contributed by atoms with E-state index in [1.165, 1.54) is 14.0 Å². The molecule has 0 spiro atoms. The van der Waals surface area contributed by atoms with Gasteiger partial charge in [0.25, 0.3) is 0 Å². The van der Waals surface area contributed by atoms with E-state index in [1.807, 2.05) is 0 Å². The third-order valence-corrected chi connectivity index (χ3v) is 4.69. The molecule has 0 saturated heterocycles. The van der Waals surface area contributed by atoms with Crippen molar-refractivity contribution in [1.82, 2.24) is 9.62 Å². The zero-order valence-electron chi connectivity index (χ0n) is 10.4. The smallest absolute Gasteiger partial charge is 0.326 e. The zero-order chi connectivity index (χ0) is 13.9. The fourth-order valence-electron chi connectivity index (χ4n) is 1.55. The van der Waals surface area contributed by atoms with Gasteiger partial charge >= 0.3 is 5.97 Å². The van der Waals surface area contributed by atoms with Crippen LogP contribution in [0.15, 0.2) is 0 Å². The van der Waals surface area contributed by atoms with Crippen molar-refractivity contribution in [1.29, 1.82) is 0 Å². The maximum Gasteiger partial charge on any atom is 0.326 e. The minimum atomic E-state index is -3.43. The Labute approximate surface area is 106 Å². The predicted octanol–water partition coefficient (Wildman–Crippen LogP) is -0.753. The maximum absolute atomic E-state index is 11.6. The zero-order valence-corrected chi connectivity index (χ0v) is 11.2. The molecule has 18 heavy (non-hydrogen) atoms. The minimum Gasteiger partial charge on any atom is -0.480 e. The topological polar surface area (TPSA) is 104 Å². The van der Waals surface area contributed by atoms with E-state index in [1.54, 1.807) is 0 Å². The van der Waals surface area contributed by atoms with Gasteiger partial charge in [-0.1, -0.05) is 0 Å². The van der Waals surface area contributed by atoms with Gasteiger partial charge in [-0.2, -0.15) is 4.31 Å². The second-order valence-electron chi connectivity index (χ2n) is 4.38. The molecule has 104 valence electrons. The maximum atomic E-state index is 11.6. The Morgan fingerprint density at radius 2 is 2.00 bits per heavy atom. The van der Waals surface area contributed by atoms with Crippen LogP contribution >= 0.6 is 0 Å². The lowest BCUT2D eigenvalue weighted by atomic mass is 10.2. The van der Waals surface area contributed by atoms with Crippen molar-refractivity contribution >= 4 is 21.9 Å². The molecule has 0 aromatic heterocycles. The lowest BCUT2D eigenvalue weighted by molar-refractivity contribution is -0.142. The Bertz CT molecular complexity index is 430. The number of carboxylic acids is 1. The first-order chi connectivity index (χ1) is 8.27. The van der Waals surface area contributed by atoms with E-state index in [2.05, 4.69) is 5.32 Å². The van der Waals surface area contributed by atoms with E-state index in [-0.39, 0.29) is 18.2 Å². The number of aliphatic carboxylic acids is 1. The molecule has 1 saturated carbocycles. The van der Waals surface area contributed by atoms with Crippen LogP contribution in [0.5, 0.6) is 0 Å². The number of carbonyl (C=O) groups excluding carboxylic acids is 1. The third-order valence-electron chi connectivity index (χ3n) is 2.88. The van der Waals surface area contributed by atoms with E-state index in [0.717, 1.165) is 17.1 Å². The van der Waals surface area contributed by atoms with Crippen molar-refractivity contribution in [2.75, 3.05) is 19.3 Å². The van der Waals surface area contributed by atoms with Crippen LogP contribution < -0.4 is 5.32 Å². The van der Waals surface area contributed by atoms with Crippen LogP contribution in [0.25, 0.3) is 0 Å². The summed E-state index contributed by atoms with van der Waals surface area (Å²) < 4.78 is 23.8. The van der Waals surface area contributed by atoms with Gasteiger partial charge in [-0.05, 0) is 25.7 Å². The Kier molecular flexibility index (Phi) is 4.69. The van der Waals surface area contributed by atoms with E-state index in [0.29, 0.717) is 0 Å². The molecule has 1 amide bonds. The summed E-state index contributed by atoms with van der Waals surface area (Å²) in [6.07, 6.45) is 1.56. The highest BCUT2D eigenvalue weighted by molar-refractivity contribution is 7.89. The average Bonchev–Trinajstić information content (AvgIpc) is 3.09. The molecule has 0 aliphatic heterocycles. The summed E-state index contributed by atoms with van der Waals surface area (Å²) in [6.45, 7) is 1.13. The van der Waals surface area contributed by atoms with Crippen LogP contribution in [0.2, 0.25) is 0 Å². The van der Waals surface area contributed by atoms with Crippen LogP contribution in [-0.2, 0) is 19.6 Å². The summed E-state index contributed by atoms with van der Waals surface area (Å²) >= 11 is 0. The Balaban J connectivity index is 2.53. The fourth-order valence-corrected chi connectivity index (χ4v) is 2.31. The molecule has 1 atom stereocenters. The second kappa shape index (κ2) is 5.66. The molecule has 8 heteroatoms. The summed E-state index contributed by atoms with van der Waals surface area (Å²) in [5.74, 6) is -1.79. The van der Waals surface area contributed by atoms with Gasteiger partial charge in [-0.25, -0.2) is 13.2 Å². The number of carboxylic acid groups (broad SMARTS) is 1. The van der Waals surface area contributed by atoms with Crippen LogP contribution in [0.1, 0.15) is 19.8 Å². The van der Waals surface area contributed by atoms with E-state index in [4.69, 9.17) is 5.11 Å². The molecule has 1 unspecified atom stereocenters. The fraction of sp³-hybridized carbons (Fsp3) is 0.800. The van der Waals surface area contributed by atoms with Gasteiger partial charge in [-0.3, -0.25) is 4.79 Å². The van der Waals surface area contributed by atoms with Crippen molar-refractivity contribution in [2.24, 2.45) is 5.92 Å². The summed E-state index contributed by atoms with van der Waals surface area (Å²) in [5, 5.41) is 11.3. The molecule has 0 bridgehead atoms. The van der Waals surface area contributed by atoms with Crippen LogP contribution in [0, 0.1) is 5.92 Å². The predicted molar refractivity (Wildman–Crippen MR) is 64.4 cm³/mol. The molecule has 1 aliphatic carbocycles. The largest absolute Gasteiger partial charge is 0.480 e. The number of rotatable bonds is 7. The van der Waals surface area contributed by atoms with Gasteiger partial charge < -0.3 is 10.4 Å². The summed E-state index contributed by atoms with van der Waals surface area (Å²) in [7, 11) is -2.13. The van der Waals surface area contributed by atoms with Gasteiger partial charge in [0.1, 0.15) is 6.04 Å². The Hall–Kier alpha value is -1.15. The van der Waals surface area contributed by atoms with Crippen molar-refractivity contribution in [3.8, 4) is 0 Å². The molecule has 1 aliphatic rings. The molecular formula is C10H18N2O5S. The molecule has 0 aromatic carbocycles. The van der Waals surface area contributed by atoms with Crippen LogP contribution in [0.3, 0.4) is 0 Å². The molecule has 1 rings (SSSR count). The summed E-state index contributed by atoms with van der Waals surface area (Å²) in [4.78, 5) is 22.5. The molecule has 0 radical (unpaired) electrons. The molecule has 0 heterocycles. The monoisotopic (exact) mass is 278 g/mol. The number of sulfonamides is 1. The summed E-state index contributed by atoms with van der Waals surface area (Å²) in [5.41, 5.74) is 0. The van der Waals surface area contributed by atoms with Gasteiger partial charge in [0.2, 0.25) is 15.9 Å². The highest BCUT2D eigenvalue weighted by atomic mass is 32.2. The van der Waals surface area contributed by atoms with Crippen molar-refractivity contribution in [2.45, 2.75) is 25.8 Å². The van der Waals surface area contributed by atoms with Crippen molar-refractivity contribution < 1.29 is 23.1 Å². The normalized spacial score (nSPS) is 17.5. The molecule has 2 N–H and O–H groups in total. The lowest BCUT2D eigenvalue weighted by Gasteiger charge is -2.18. The minimum absolute atomic E-state index is 0.0282. The van der Waals surface area contributed by atoms with Crippen LogP contribution in [-0.4, -0.2) is 55.1 Å². The Morgan fingerprint density at radius 3 is 2.39 bits per heavy atom. The number of likely N-dealkylation sites (N-methyl/N-ethyl adjacent to an activating group) is 1. The second-order valence-corrected chi connectivity index (χ2v) is 6.74. The molecule has 1 fully saturated rings. The first kappa shape index (κ1) is 14.9. The Morgan fingerprint density at radius 1 is 1.44 bits per heavy atom. The first-order valence-corrected chi connectivity index (χ1v) is 7.35. The van der Waals surface area contributed by atoms with E-state index >= 15 is 0 Å². The van der Waals surface area contributed by atoms with Crippen molar-refractivity contribution in [3.63, 3.8) is 0 Å². The molecule has 7 nitrogen and oxygen atoms in total. The van der Waals surface area contributed by atoms with Crippen LogP contribution in [0.4, 0.5) is 0 Å². The third kappa shape index (κ3) is 3.95. The SMILES string of the molecule is CCS(=O)(=O)N(C)CC(=O)NC(C(=O)O)C1CC1. The van der Waals surface area contributed by atoms with E-state index in [9.17, 15) is 18.0 Å². The number of carbonyl (C=O) groups is 2. The lowest BCUT2D eigenvalue weighted by Crippen LogP contribution is -2.47. The summed E-state index contributed by atoms with van der Waals surface area (Å²) in [6, 6.07) is -0.907.